The number of benzene rings is 2. The lowest BCUT2D eigenvalue weighted by Crippen LogP contribution is -2.09. The second kappa shape index (κ2) is 3.84. The largest absolute Gasteiger partial charge is 0.497 e. The van der Waals surface area contributed by atoms with Crippen molar-refractivity contribution >= 4 is 16.5 Å². The second-order valence-electron chi connectivity index (χ2n) is 3.61. The van der Waals surface area contributed by atoms with Crippen molar-refractivity contribution in [2.75, 3.05) is 12.8 Å². The highest BCUT2D eigenvalue weighted by Crippen LogP contribution is 2.39. The Morgan fingerprint density at radius 2 is 1.76 bits per heavy atom. The van der Waals surface area contributed by atoms with E-state index in [1.165, 1.54) is 19.2 Å². The first-order chi connectivity index (χ1) is 7.93. The maximum Gasteiger partial charge on any atom is 0.418 e. The molecule has 0 fully saturated rings. The Labute approximate surface area is 95.8 Å². The lowest BCUT2D eigenvalue weighted by Gasteiger charge is -2.13. The van der Waals surface area contributed by atoms with Crippen LogP contribution in [-0.2, 0) is 6.18 Å². The number of methoxy groups -OCH3 is 1. The van der Waals surface area contributed by atoms with E-state index in [1.807, 2.05) is 0 Å². The molecule has 0 atom stereocenters. The minimum absolute atomic E-state index is 0.0526. The summed E-state index contributed by atoms with van der Waals surface area (Å²) in [5, 5.41) is 0.532. The van der Waals surface area contributed by atoms with E-state index < -0.39 is 11.7 Å². The normalized spacial score (nSPS) is 11.8. The van der Waals surface area contributed by atoms with E-state index in [2.05, 4.69) is 0 Å². The van der Waals surface area contributed by atoms with E-state index in [-0.39, 0.29) is 11.1 Å². The van der Waals surface area contributed by atoms with Gasteiger partial charge in [-0.05, 0) is 29.0 Å². The van der Waals surface area contributed by atoms with E-state index in [0.717, 1.165) is 0 Å². The molecular weight excluding hydrogens is 231 g/mol. The molecule has 2 rings (SSSR count). The van der Waals surface area contributed by atoms with Gasteiger partial charge in [0.05, 0.1) is 12.7 Å². The monoisotopic (exact) mass is 241 g/mol. The number of hydrogen-bond acceptors (Lipinski definition) is 2. The average Bonchev–Trinajstić information content (AvgIpc) is 2.26. The van der Waals surface area contributed by atoms with Crippen LogP contribution in [-0.4, -0.2) is 7.11 Å². The van der Waals surface area contributed by atoms with Gasteiger partial charge < -0.3 is 10.5 Å². The Morgan fingerprint density at radius 1 is 1.12 bits per heavy atom. The Morgan fingerprint density at radius 3 is 2.35 bits per heavy atom. The van der Waals surface area contributed by atoms with Gasteiger partial charge in [0.1, 0.15) is 5.75 Å². The van der Waals surface area contributed by atoms with Crippen LogP contribution in [0.2, 0.25) is 0 Å². The van der Waals surface area contributed by atoms with Crippen molar-refractivity contribution < 1.29 is 17.9 Å². The van der Waals surface area contributed by atoms with Crippen LogP contribution in [0.4, 0.5) is 18.9 Å². The van der Waals surface area contributed by atoms with Crippen molar-refractivity contribution in [1.29, 1.82) is 0 Å². The Kier molecular flexibility index (Phi) is 2.61. The van der Waals surface area contributed by atoms with Crippen molar-refractivity contribution in [2.45, 2.75) is 6.18 Å². The first kappa shape index (κ1) is 11.6. The first-order valence-electron chi connectivity index (χ1n) is 4.87. The SMILES string of the molecule is COc1ccc2ccc(N)c(C(F)(F)F)c2c1. The van der Waals surface area contributed by atoms with Crippen LogP contribution in [0.1, 0.15) is 5.56 Å². The molecule has 17 heavy (non-hydrogen) atoms. The predicted molar refractivity (Wildman–Crippen MR) is 59.9 cm³/mol. The molecule has 0 amide bonds. The highest BCUT2D eigenvalue weighted by molar-refractivity contribution is 5.91. The number of nitrogens with two attached hydrogens (primary N) is 1. The molecule has 90 valence electrons. The number of halogens is 3. The molecule has 0 bridgehead atoms. The molecule has 0 spiro atoms. The van der Waals surface area contributed by atoms with E-state index in [4.69, 9.17) is 10.5 Å². The number of ether oxygens (including phenoxy) is 1. The van der Waals surface area contributed by atoms with Crippen molar-refractivity contribution in [3.63, 3.8) is 0 Å². The summed E-state index contributed by atoms with van der Waals surface area (Å²) in [6, 6.07) is 7.34. The summed E-state index contributed by atoms with van der Waals surface area (Å²) in [5.41, 5.74) is 4.31. The van der Waals surface area contributed by atoms with E-state index >= 15 is 0 Å². The number of rotatable bonds is 1. The van der Waals surface area contributed by atoms with E-state index in [0.29, 0.717) is 11.1 Å². The lowest BCUT2D eigenvalue weighted by molar-refractivity contribution is -0.135. The summed E-state index contributed by atoms with van der Waals surface area (Å²) in [4.78, 5) is 0. The predicted octanol–water partition coefficient (Wildman–Crippen LogP) is 3.45. The topological polar surface area (TPSA) is 35.2 Å². The molecule has 0 aliphatic heterocycles. The van der Waals surface area contributed by atoms with Crippen LogP contribution in [0, 0.1) is 0 Å². The van der Waals surface area contributed by atoms with Crippen LogP contribution < -0.4 is 10.5 Å². The van der Waals surface area contributed by atoms with Gasteiger partial charge in [0.15, 0.2) is 0 Å². The molecule has 0 saturated carbocycles. The summed E-state index contributed by atoms with van der Waals surface area (Å²) in [5.74, 6) is 0.369. The Hall–Kier alpha value is -1.91. The number of nitrogen functional groups attached to an aromatic ring is 1. The Bertz CT molecular complexity index is 563. The van der Waals surface area contributed by atoms with Crippen LogP contribution in [0.15, 0.2) is 30.3 Å². The van der Waals surface area contributed by atoms with Gasteiger partial charge in [-0.25, -0.2) is 0 Å². The molecule has 0 heterocycles. The van der Waals surface area contributed by atoms with Crippen LogP contribution >= 0.6 is 0 Å². The molecule has 0 radical (unpaired) electrons. The smallest absolute Gasteiger partial charge is 0.418 e. The van der Waals surface area contributed by atoms with Gasteiger partial charge in [-0.2, -0.15) is 13.2 Å². The second-order valence-corrected chi connectivity index (χ2v) is 3.61. The molecule has 2 nitrogen and oxygen atoms in total. The quantitative estimate of drug-likeness (QED) is 0.776. The average molecular weight is 241 g/mol. The maximum atomic E-state index is 12.9. The molecule has 0 aliphatic rings. The summed E-state index contributed by atoms with van der Waals surface area (Å²) >= 11 is 0. The van der Waals surface area contributed by atoms with E-state index in [9.17, 15) is 13.2 Å². The third kappa shape index (κ3) is 2.00. The molecule has 0 saturated heterocycles. The molecule has 2 aromatic rings. The molecule has 0 unspecified atom stereocenters. The van der Waals surface area contributed by atoms with Gasteiger partial charge >= 0.3 is 6.18 Å². The zero-order chi connectivity index (χ0) is 12.6. The summed E-state index contributed by atoms with van der Waals surface area (Å²) in [6.45, 7) is 0. The summed E-state index contributed by atoms with van der Waals surface area (Å²) in [6.07, 6.45) is -4.48. The zero-order valence-corrected chi connectivity index (χ0v) is 9.01. The van der Waals surface area contributed by atoms with Crippen LogP contribution in [0.25, 0.3) is 10.8 Å². The van der Waals surface area contributed by atoms with Gasteiger partial charge in [0.25, 0.3) is 0 Å². The summed E-state index contributed by atoms with van der Waals surface area (Å²) < 4.78 is 43.6. The van der Waals surface area contributed by atoms with Crippen molar-refractivity contribution in [2.24, 2.45) is 0 Å². The number of hydrogen-bond donors (Lipinski definition) is 1. The summed E-state index contributed by atoms with van der Waals surface area (Å²) in [7, 11) is 1.40. The Balaban J connectivity index is 2.83. The van der Waals surface area contributed by atoms with Crippen molar-refractivity contribution in [3.05, 3.63) is 35.9 Å². The fourth-order valence-electron chi connectivity index (χ4n) is 1.76. The molecule has 2 aromatic carbocycles. The fourth-order valence-corrected chi connectivity index (χ4v) is 1.76. The van der Waals surface area contributed by atoms with Gasteiger partial charge in [-0.1, -0.05) is 12.1 Å². The van der Waals surface area contributed by atoms with Gasteiger partial charge in [0, 0.05) is 5.69 Å². The molecule has 5 heteroatoms. The van der Waals surface area contributed by atoms with Crippen molar-refractivity contribution in [1.82, 2.24) is 0 Å². The highest BCUT2D eigenvalue weighted by atomic mass is 19.4. The van der Waals surface area contributed by atoms with Gasteiger partial charge in [0.2, 0.25) is 0 Å². The van der Waals surface area contributed by atoms with Gasteiger partial charge in [-0.15, -0.1) is 0 Å². The zero-order valence-electron chi connectivity index (χ0n) is 9.01. The van der Waals surface area contributed by atoms with Crippen LogP contribution in [0.3, 0.4) is 0 Å². The fraction of sp³-hybridized carbons (Fsp3) is 0.167. The molecular formula is C12H10F3NO. The van der Waals surface area contributed by atoms with Crippen LogP contribution in [0.5, 0.6) is 5.75 Å². The molecule has 0 aromatic heterocycles. The lowest BCUT2D eigenvalue weighted by atomic mass is 10.0. The molecule has 2 N–H and O–H groups in total. The highest BCUT2D eigenvalue weighted by Gasteiger charge is 2.35. The minimum atomic E-state index is -4.48. The maximum absolute atomic E-state index is 12.9. The third-order valence-corrected chi connectivity index (χ3v) is 2.54. The minimum Gasteiger partial charge on any atom is -0.497 e. The number of alkyl halides is 3. The van der Waals surface area contributed by atoms with E-state index in [1.54, 1.807) is 18.2 Å². The van der Waals surface area contributed by atoms with Gasteiger partial charge in [-0.3, -0.25) is 0 Å². The first-order valence-corrected chi connectivity index (χ1v) is 4.87. The molecule has 0 aliphatic carbocycles. The third-order valence-electron chi connectivity index (χ3n) is 2.54. The number of fused-ring (bicyclic) bond motifs is 1. The standard InChI is InChI=1S/C12H10F3NO/c1-17-8-4-2-7-3-5-10(16)11(9(7)6-8)12(13,14)15/h2-6H,16H2,1H3. The van der Waals surface area contributed by atoms with Crippen molar-refractivity contribution in [3.8, 4) is 5.75 Å². The number of anilines is 1.